The lowest BCUT2D eigenvalue weighted by atomic mass is 9.98. The minimum atomic E-state index is 0.367. The molecule has 0 saturated heterocycles. The van der Waals surface area contributed by atoms with E-state index in [2.05, 4.69) is 68.1 Å². The molecule has 1 aromatic carbocycles. The maximum absolute atomic E-state index is 3.65. The molecule has 0 bridgehead atoms. The predicted octanol–water partition coefficient (Wildman–Crippen LogP) is 4.42. The van der Waals surface area contributed by atoms with Crippen molar-refractivity contribution in [2.24, 2.45) is 0 Å². The highest BCUT2D eigenvalue weighted by atomic mass is 127. The Bertz CT molecular complexity index is 414. The lowest BCUT2D eigenvalue weighted by Crippen LogP contribution is -2.18. The largest absolute Gasteiger partial charge is 0.310 e. The van der Waals surface area contributed by atoms with E-state index >= 15 is 0 Å². The van der Waals surface area contributed by atoms with Crippen molar-refractivity contribution in [1.29, 1.82) is 0 Å². The van der Waals surface area contributed by atoms with Crippen LogP contribution in [0.2, 0.25) is 0 Å². The van der Waals surface area contributed by atoms with E-state index in [-0.39, 0.29) is 0 Å². The van der Waals surface area contributed by atoms with Crippen molar-refractivity contribution in [3.63, 3.8) is 0 Å². The van der Waals surface area contributed by atoms with Crippen molar-refractivity contribution >= 4 is 38.5 Å². The molecule has 0 aliphatic heterocycles. The summed E-state index contributed by atoms with van der Waals surface area (Å²) in [7, 11) is 2.04. The molecule has 0 spiro atoms. The number of hydrogen-bond donors (Lipinski definition) is 1. The highest BCUT2D eigenvalue weighted by molar-refractivity contribution is 14.1. The molecule has 0 aromatic heterocycles. The van der Waals surface area contributed by atoms with Gasteiger partial charge in [0.05, 0.1) is 6.04 Å². The third kappa shape index (κ3) is 2.68. The van der Waals surface area contributed by atoms with Crippen LogP contribution in [0.5, 0.6) is 0 Å². The third-order valence-electron chi connectivity index (χ3n) is 3.00. The third-order valence-corrected chi connectivity index (χ3v) is 4.40. The Kier molecular flexibility index (Phi) is 4.44. The van der Waals surface area contributed by atoms with Gasteiger partial charge in [-0.1, -0.05) is 27.6 Å². The van der Waals surface area contributed by atoms with E-state index in [1.807, 2.05) is 7.05 Å². The summed E-state index contributed by atoms with van der Waals surface area (Å²) in [6, 6.07) is 6.89. The van der Waals surface area contributed by atoms with Crippen LogP contribution in [0.1, 0.15) is 30.9 Å². The van der Waals surface area contributed by atoms with Crippen molar-refractivity contribution in [3.05, 3.63) is 43.5 Å². The van der Waals surface area contributed by atoms with Crippen LogP contribution < -0.4 is 5.32 Å². The summed E-state index contributed by atoms with van der Waals surface area (Å²) in [5.41, 5.74) is 2.88. The Morgan fingerprint density at radius 3 is 2.88 bits per heavy atom. The zero-order valence-electron chi connectivity index (χ0n) is 9.26. The topological polar surface area (TPSA) is 12.0 Å². The highest BCUT2D eigenvalue weighted by Gasteiger charge is 2.19. The molecular weight excluding hydrogens is 377 g/mol. The number of benzene rings is 1. The van der Waals surface area contributed by atoms with Gasteiger partial charge in [0, 0.05) is 8.04 Å². The van der Waals surface area contributed by atoms with Gasteiger partial charge in [-0.15, -0.1) is 0 Å². The SMILES string of the molecule is CNC(C1=CCCC1)c1cc(I)ccc1Br. The van der Waals surface area contributed by atoms with Crippen LogP contribution in [0.15, 0.2) is 34.3 Å². The van der Waals surface area contributed by atoms with Gasteiger partial charge in [0.15, 0.2) is 0 Å². The van der Waals surface area contributed by atoms with Gasteiger partial charge in [0.1, 0.15) is 0 Å². The normalized spacial score (nSPS) is 17.3. The molecule has 16 heavy (non-hydrogen) atoms. The summed E-state index contributed by atoms with van der Waals surface area (Å²) in [6.07, 6.45) is 6.14. The average molecular weight is 392 g/mol. The smallest absolute Gasteiger partial charge is 0.0545 e. The number of hydrogen-bond acceptors (Lipinski definition) is 1. The summed E-state index contributed by atoms with van der Waals surface area (Å²) in [5.74, 6) is 0. The fourth-order valence-electron chi connectivity index (χ4n) is 2.23. The lowest BCUT2D eigenvalue weighted by Gasteiger charge is -2.20. The zero-order chi connectivity index (χ0) is 11.5. The molecule has 0 radical (unpaired) electrons. The predicted molar refractivity (Wildman–Crippen MR) is 80.6 cm³/mol. The van der Waals surface area contributed by atoms with Gasteiger partial charge >= 0.3 is 0 Å². The van der Waals surface area contributed by atoms with Crippen molar-refractivity contribution in [2.75, 3.05) is 7.05 Å². The highest BCUT2D eigenvalue weighted by Crippen LogP contribution is 2.34. The van der Waals surface area contributed by atoms with Gasteiger partial charge in [0.2, 0.25) is 0 Å². The first-order chi connectivity index (χ1) is 7.72. The molecule has 1 aliphatic carbocycles. The molecule has 86 valence electrons. The molecule has 1 N–H and O–H groups in total. The molecule has 1 aromatic rings. The summed E-state index contributed by atoms with van der Waals surface area (Å²) in [6.45, 7) is 0. The standard InChI is InChI=1S/C13H15BrIN/c1-16-13(9-4-2-3-5-9)11-8-10(15)6-7-12(11)14/h4,6-8,13,16H,2-3,5H2,1H3. The number of nitrogens with one attached hydrogen (secondary N) is 1. The Morgan fingerprint density at radius 1 is 1.44 bits per heavy atom. The number of halogens is 2. The fourth-order valence-corrected chi connectivity index (χ4v) is 3.23. The van der Waals surface area contributed by atoms with Crippen molar-refractivity contribution < 1.29 is 0 Å². The van der Waals surface area contributed by atoms with Crippen LogP contribution in [0, 0.1) is 3.57 Å². The first kappa shape index (κ1) is 12.6. The molecule has 0 saturated carbocycles. The van der Waals surface area contributed by atoms with Crippen LogP contribution in [-0.4, -0.2) is 7.05 Å². The van der Waals surface area contributed by atoms with Crippen molar-refractivity contribution in [2.45, 2.75) is 25.3 Å². The Morgan fingerprint density at radius 2 is 2.25 bits per heavy atom. The molecule has 3 heteroatoms. The molecule has 2 rings (SSSR count). The van der Waals surface area contributed by atoms with E-state index < -0.39 is 0 Å². The summed E-state index contributed by atoms with van der Waals surface area (Å²) >= 11 is 6.02. The maximum atomic E-state index is 3.65. The van der Waals surface area contributed by atoms with Crippen LogP contribution in [0.3, 0.4) is 0 Å². The molecule has 0 heterocycles. The average Bonchev–Trinajstić information content (AvgIpc) is 2.78. The second kappa shape index (κ2) is 5.65. The molecule has 1 aliphatic rings. The second-order valence-electron chi connectivity index (χ2n) is 4.06. The number of rotatable bonds is 3. The molecule has 1 unspecified atom stereocenters. The Hall–Kier alpha value is 0.130. The van der Waals surface area contributed by atoms with Gasteiger partial charge in [0.25, 0.3) is 0 Å². The second-order valence-corrected chi connectivity index (χ2v) is 6.16. The fraction of sp³-hybridized carbons (Fsp3) is 0.385. The van der Waals surface area contributed by atoms with Crippen LogP contribution in [0.25, 0.3) is 0 Å². The summed E-state index contributed by atoms with van der Waals surface area (Å²) in [5, 5.41) is 3.43. The van der Waals surface area contributed by atoms with Crippen LogP contribution in [0.4, 0.5) is 0 Å². The monoisotopic (exact) mass is 391 g/mol. The molecule has 0 amide bonds. The molecule has 1 nitrogen and oxygen atoms in total. The zero-order valence-corrected chi connectivity index (χ0v) is 13.0. The number of allylic oxidation sites excluding steroid dienone is 1. The van der Waals surface area contributed by atoms with Gasteiger partial charge in [-0.25, -0.2) is 0 Å². The van der Waals surface area contributed by atoms with Crippen molar-refractivity contribution in [1.82, 2.24) is 5.32 Å². The van der Waals surface area contributed by atoms with Gasteiger partial charge < -0.3 is 5.32 Å². The van der Waals surface area contributed by atoms with Crippen LogP contribution >= 0.6 is 38.5 Å². The minimum absolute atomic E-state index is 0.367. The van der Waals surface area contributed by atoms with E-state index in [1.54, 1.807) is 0 Å². The minimum Gasteiger partial charge on any atom is -0.310 e. The molecular formula is C13H15BrIN. The first-order valence-electron chi connectivity index (χ1n) is 5.53. The van der Waals surface area contributed by atoms with Gasteiger partial charge in [-0.05, 0) is 72.7 Å². The summed E-state index contributed by atoms with van der Waals surface area (Å²) < 4.78 is 2.48. The molecule has 1 atom stereocenters. The van der Waals surface area contributed by atoms with E-state index in [4.69, 9.17) is 0 Å². The quantitative estimate of drug-likeness (QED) is 0.593. The Labute approximate surface area is 119 Å². The lowest BCUT2D eigenvalue weighted by molar-refractivity contribution is 0.653. The van der Waals surface area contributed by atoms with Gasteiger partial charge in [-0.2, -0.15) is 0 Å². The maximum Gasteiger partial charge on any atom is 0.0545 e. The summed E-state index contributed by atoms with van der Waals surface area (Å²) in [4.78, 5) is 0. The van der Waals surface area contributed by atoms with Crippen molar-refractivity contribution in [3.8, 4) is 0 Å². The molecule has 0 fully saturated rings. The van der Waals surface area contributed by atoms with E-state index in [0.29, 0.717) is 6.04 Å². The van der Waals surface area contributed by atoms with E-state index in [9.17, 15) is 0 Å². The number of likely N-dealkylation sites (N-methyl/N-ethyl adjacent to an activating group) is 1. The van der Waals surface area contributed by atoms with E-state index in [1.165, 1.54) is 38.4 Å². The van der Waals surface area contributed by atoms with E-state index in [0.717, 1.165) is 0 Å². The first-order valence-corrected chi connectivity index (χ1v) is 7.40. The van der Waals surface area contributed by atoms with Crippen LogP contribution in [-0.2, 0) is 0 Å². The van der Waals surface area contributed by atoms with Gasteiger partial charge in [-0.3, -0.25) is 0 Å². The Balaban J connectivity index is 2.35.